The highest BCUT2D eigenvalue weighted by Gasteiger charge is 2.85. The van der Waals surface area contributed by atoms with Gasteiger partial charge >= 0.3 is 5.97 Å². The summed E-state index contributed by atoms with van der Waals surface area (Å²) in [6.45, 7) is 20.2. The van der Waals surface area contributed by atoms with Crippen LogP contribution in [0.5, 0.6) is 0 Å². The van der Waals surface area contributed by atoms with E-state index < -0.39 is 40.7 Å². The number of carbonyl (C=O) groups excluding carboxylic acids is 4. The lowest BCUT2D eigenvalue weighted by atomic mass is 9.73. The highest BCUT2D eigenvalue weighted by Crippen LogP contribution is 2.88. The van der Waals surface area contributed by atoms with Crippen molar-refractivity contribution in [1.29, 1.82) is 0 Å². The maximum absolute atomic E-state index is 14.8. The van der Waals surface area contributed by atoms with Crippen LogP contribution in [0.4, 0.5) is 0 Å². The predicted octanol–water partition coefficient (Wildman–Crippen LogP) is 5.74. The zero-order valence-corrected chi connectivity index (χ0v) is 31.0. The minimum Gasteiger partial charge on any atom is -0.481 e. The first-order chi connectivity index (χ1) is 21.6. The molecule has 9 heteroatoms. The highest BCUT2D eigenvalue weighted by atomic mass is 16.4. The van der Waals surface area contributed by atoms with Crippen molar-refractivity contribution in [3.8, 4) is 0 Å². The van der Waals surface area contributed by atoms with Crippen LogP contribution in [0.2, 0.25) is 0 Å². The van der Waals surface area contributed by atoms with Crippen LogP contribution in [0.25, 0.3) is 0 Å². The van der Waals surface area contributed by atoms with Crippen molar-refractivity contribution < 1.29 is 29.1 Å². The Morgan fingerprint density at radius 3 is 2.04 bits per heavy atom. The molecule has 6 atom stereocenters. The number of carboxylic acid groups (broad SMARTS) is 1. The summed E-state index contributed by atoms with van der Waals surface area (Å²) in [6.07, 6.45) is 6.54. The Bertz CT molecular complexity index is 1240. The molecule has 1 unspecified atom stereocenters. The zero-order chi connectivity index (χ0) is 35.3. The number of hydrogen-bond acceptors (Lipinski definition) is 6. The number of aliphatic carboxylic acids is 1. The van der Waals surface area contributed by atoms with Crippen LogP contribution in [-0.2, 0) is 24.0 Å². The molecule has 2 N–H and O–H groups in total. The second-order valence-electron chi connectivity index (χ2n) is 18.3. The molecule has 9 nitrogen and oxygen atoms in total. The molecule has 4 rings (SSSR count). The number of nitrogens with zero attached hydrogens (tertiary/aromatic N) is 2. The number of nitrogens with one attached hydrogen (secondary N) is 1. The lowest BCUT2D eigenvalue weighted by molar-refractivity contribution is -0.148. The topological polar surface area (TPSA) is 124 Å². The molecule has 2 saturated heterocycles. The quantitative estimate of drug-likeness (QED) is 0.274. The van der Waals surface area contributed by atoms with E-state index in [0.29, 0.717) is 32.4 Å². The molecule has 0 aromatic carbocycles. The first-order valence-corrected chi connectivity index (χ1v) is 18.2. The van der Waals surface area contributed by atoms with Gasteiger partial charge in [0.1, 0.15) is 0 Å². The van der Waals surface area contributed by atoms with E-state index in [4.69, 9.17) is 0 Å². The second kappa shape index (κ2) is 13.2. The average molecular weight is 658 g/mol. The van der Waals surface area contributed by atoms with E-state index in [1.54, 1.807) is 4.90 Å². The van der Waals surface area contributed by atoms with E-state index in [0.717, 1.165) is 38.6 Å². The third-order valence-corrected chi connectivity index (χ3v) is 13.1. The Morgan fingerprint density at radius 1 is 0.936 bits per heavy atom. The maximum atomic E-state index is 14.8. The number of piperidine rings is 1. The van der Waals surface area contributed by atoms with Gasteiger partial charge in [0.25, 0.3) is 0 Å². The average Bonchev–Trinajstić information content (AvgIpc) is 3.16. The third-order valence-electron chi connectivity index (χ3n) is 13.1. The normalized spacial score (nSPS) is 28.8. The number of Topliss-reactive ketones (excluding diaryl/α,β-unsaturated/α-hetero) is 2. The number of ketones is 2. The van der Waals surface area contributed by atoms with Crippen molar-refractivity contribution in [2.75, 3.05) is 26.7 Å². The highest BCUT2D eigenvalue weighted by molar-refractivity contribution is 5.96. The molecule has 0 bridgehead atoms. The van der Waals surface area contributed by atoms with Crippen LogP contribution in [0.3, 0.4) is 0 Å². The summed E-state index contributed by atoms with van der Waals surface area (Å²) < 4.78 is 0. The fourth-order valence-corrected chi connectivity index (χ4v) is 9.86. The molecule has 2 amide bonds. The molecule has 2 heterocycles. The van der Waals surface area contributed by atoms with Gasteiger partial charge in [-0.3, -0.25) is 24.0 Å². The van der Waals surface area contributed by atoms with Gasteiger partial charge in [0, 0.05) is 37.3 Å². The fraction of sp³-hybridized carbons (Fsp3) is 0.868. The molecule has 2 spiro atoms. The summed E-state index contributed by atoms with van der Waals surface area (Å²) in [5, 5.41) is 13.0. The summed E-state index contributed by atoms with van der Waals surface area (Å²) in [6, 6.07) is -1.45. The molecule has 0 aromatic heterocycles. The van der Waals surface area contributed by atoms with Crippen LogP contribution >= 0.6 is 0 Å². The molecule has 47 heavy (non-hydrogen) atoms. The molecular weight excluding hydrogens is 594 g/mol. The van der Waals surface area contributed by atoms with Crippen LogP contribution in [0.1, 0.15) is 127 Å². The number of amides is 2. The van der Waals surface area contributed by atoms with Gasteiger partial charge in [-0.25, -0.2) is 0 Å². The zero-order valence-electron chi connectivity index (χ0n) is 31.0. The summed E-state index contributed by atoms with van der Waals surface area (Å²) in [7, 11) is 2.01. The van der Waals surface area contributed by atoms with Crippen molar-refractivity contribution >= 4 is 29.4 Å². The SMILES string of the molecule is CCC[C@@H](CC(=O)[C@@H]1CC2(CN1C(=O)[C@H](CC(=O)[C@@H](NC(=O)[C@H]1CCCN(C)C1)C(C)(C)C)C(C)(C)C)C(C)(C)C21CCC1)C(=O)O. The Morgan fingerprint density at radius 2 is 1.57 bits per heavy atom. The van der Waals surface area contributed by atoms with Crippen molar-refractivity contribution in [3.63, 3.8) is 0 Å². The monoisotopic (exact) mass is 657 g/mol. The van der Waals surface area contributed by atoms with Crippen molar-refractivity contribution in [2.24, 2.45) is 44.8 Å². The summed E-state index contributed by atoms with van der Waals surface area (Å²) in [4.78, 5) is 72.5. The minimum absolute atomic E-state index is 0.0245. The van der Waals surface area contributed by atoms with E-state index in [2.05, 4.69) is 24.1 Å². The van der Waals surface area contributed by atoms with E-state index in [9.17, 15) is 29.1 Å². The Balaban J connectivity index is 1.61. The molecule has 0 radical (unpaired) electrons. The number of rotatable bonds is 12. The van der Waals surface area contributed by atoms with Gasteiger partial charge in [-0.1, -0.05) is 75.2 Å². The number of carboxylic acids is 1. The van der Waals surface area contributed by atoms with E-state index in [1.165, 1.54) is 0 Å². The molecule has 0 aromatic rings. The third kappa shape index (κ3) is 6.81. The number of fused-ring (bicyclic) bond motifs is 1. The van der Waals surface area contributed by atoms with Crippen LogP contribution in [-0.4, -0.2) is 83.0 Å². The van der Waals surface area contributed by atoms with Crippen LogP contribution < -0.4 is 5.32 Å². The fourth-order valence-electron chi connectivity index (χ4n) is 9.86. The number of carbonyl (C=O) groups is 5. The van der Waals surface area contributed by atoms with Crippen molar-refractivity contribution in [3.05, 3.63) is 0 Å². The standard InChI is InChI=1S/C38H63N3O6/c1-11-14-24(33(46)47)19-28(42)27-21-38(36(8,9)37(38)16-13-17-37)23-41(27)32(45)26(34(2,3)4)20-29(43)30(35(5,6)7)39-31(44)25-15-12-18-40(10)22-25/h24-27,30H,11-23H2,1-10H3,(H,39,44)(H,46,47)/t24-,25-,26-,27-,30+,38?/m0/s1. The number of likely N-dealkylation sites (tertiary alicyclic amines) is 2. The van der Waals surface area contributed by atoms with Crippen LogP contribution in [0, 0.1) is 44.8 Å². The molecule has 2 aliphatic heterocycles. The van der Waals surface area contributed by atoms with Gasteiger partial charge in [-0.2, -0.15) is 0 Å². The Labute approximate surface area is 283 Å². The van der Waals surface area contributed by atoms with E-state index in [-0.39, 0.29) is 58.4 Å². The van der Waals surface area contributed by atoms with Gasteiger partial charge in [0.2, 0.25) is 11.8 Å². The molecule has 2 aliphatic carbocycles. The Kier molecular flexibility index (Phi) is 10.5. The summed E-state index contributed by atoms with van der Waals surface area (Å²) in [5.74, 6) is -3.28. The van der Waals surface area contributed by atoms with Gasteiger partial charge < -0.3 is 20.2 Å². The van der Waals surface area contributed by atoms with Gasteiger partial charge in [0.15, 0.2) is 11.6 Å². The molecule has 2 saturated carbocycles. The van der Waals surface area contributed by atoms with E-state index in [1.807, 2.05) is 55.5 Å². The van der Waals surface area contributed by atoms with E-state index >= 15 is 0 Å². The summed E-state index contributed by atoms with van der Waals surface area (Å²) >= 11 is 0. The first-order valence-electron chi connectivity index (χ1n) is 18.2. The minimum atomic E-state index is -0.971. The van der Waals surface area contributed by atoms with Gasteiger partial charge in [-0.05, 0) is 73.8 Å². The lowest BCUT2D eigenvalue weighted by Gasteiger charge is -2.38. The molecule has 4 aliphatic rings. The second-order valence-corrected chi connectivity index (χ2v) is 18.3. The largest absolute Gasteiger partial charge is 0.481 e. The maximum Gasteiger partial charge on any atom is 0.306 e. The molecule has 4 fully saturated rings. The van der Waals surface area contributed by atoms with Crippen molar-refractivity contribution in [1.82, 2.24) is 15.1 Å². The van der Waals surface area contributed by atoms with Gasteiger partial charge in [0.05, 0.1) is 23.9 Å². The van der Waals surface area contributed by atoms with Crippen molar-refractivity contribution in [2.45, 2.75) is 139 Å². The Hall–Kier alpha value is -2.29. The first kappa shape index (κ1) is 37.5. The molecular formula is C38H63N3O6. The molecule has 266 valence electrons. The number of hydrogen-bond donors (Lipinski definition) is 2. The smallest absolute Gasteiger partial charge is 0.306 e. The predicted molar refractivity (Wildman–Crippen MR) is 182 cm³/mol. The van der Waals surface area contributed by atoms with Gasteiger partial charge in [-0.15, -0.1) is 0 Å². The van der Waals surface area contributed by atoms with Crippen LogP contribution in [0.15, 0.2) is 0 Å². The summed E-state index contributed by atoms with van der Waals surface area (Å²) in [5.41, 5.74) is -1.25. The lowest BCUT2D eigenvalue weighted by Crippen LogP contribution is -2.54.